The van der Waals surface area contributed by atoms with Crippen LogP contribution in [0.2, 0.25) is 0 Å². The minimum atomic E-state index is -0.326. The molecule has 170 valence electrons. The van der Waals surface area contributed by atoms with Gasteiger partial charge in [-0.25, -0.2) is 4.79 Å². The Morgan fingerprint density at radius 2 is 1.67 bits per heavy atom. The van der Waals surface area contributed by atoms with Gasteiger partial charge in [0.25, 0.3) is 0 Å². The molecule has 2 atom stereocenters. The fourth-order valence-electron chi connectivity index (χ4n) is 5.12. The van der Waals surface area contributed by atoms with Gasteiger partial charge >= 0.3 is 6.03 Å². The molecule has 0 bridgehead atoms. The second-order valence-corrected chi connectivity index (χ2v) is 9.02. The molecule has 5 rings (SSSR count). The molecule has 3 heterocycles. The van der Waals surface area contributed by atoms with Gasteiger partial charge in [-0.2, -0.15) is 0 Å². The van der Waals surface area contributed by atoms with E-state index < -0.39 is 0 Å². The molecular formula is C25H26N4O4. The average molecular weight is 447 g/mol. The fourth-order valence-corrected chi connectivity index (χ4v) is 5.12. The number of hydrogen-bond acceptors (Lipinski definition) is 4. The zero-order chi connectivity index (χ0) is 22.9. The summed E-state index contributed by atoms with van der Waals surface area (Å²) in [7, 11) is 0. The highest BCUT2D eigenvalue weighted by Gasteiger charge is 2.38. The molecule has 2 aromatic rings. The Hall–Kier alpha value is -3.68. The quantitative estimate of drug-likeness (QED) is 0.628. The zero-order valence-corrected chi connectivity index (χ0v) is 18.2. The lowest BCUT2D eigenvalue weighted by molar-refractivity contribution is -0.126. The molecule has 2 fully saturated rings. The van der Waals surface area contributed by atoms with Gasteiger partial charge in [-0.1, -0.05) is 30.3 Å². The maximum Gasteiger partial charge on any atom is 0.321 e. The number of carbonyl (C=O) groups is 4. The van der Waals surface area contributed by atoms with Gasteiger partial charge < -0.3 is 15.5 Å². The summed E-state index contributed by atoms with van der Waals surface area (Å²) in [5.41, 5.74) is 3.59. The van der Waals surface area contributed by atoms with E-state index in [0.29, 0.717) is 25.2 Å². The van der Waals surface area contributed by atoms with E-state index in [1.807, 2.05) is 48.5 Å². The molecule has 0 saturated carbocycles. The number of nitrogens with zero attached hydrogens (tertiary/aromatic N) is 1. The number of anilines is 2. The number of carbonyl (C=O) groups excluding carboxylic acids is 4. The van der Waals surface area contributed by atoms with Crippen molar-refractivity contribution in [3.05, 3.63) is 59.7 Å². The summed E-state index contributed by atoms with van der Waals surface area (Å²) in [6, 6.07) is 15.0. The number of nitrogens with one attached hydrogen (secondary N) is 3. The number of rotatable bonds is 4. The summed E-state index contributed by atoms with van der Waals surface area (Å²) in [6.45, 7) is 1.21. The van der Waals surface area contributed by atoms with Crippen LogP contribution in [0.25, 0.3) is 0 Å². The standard InChI is InChI=1S/C25H26N4O4/c30-21-14-17(23(31)28-21)13-15-5-7-18(8-6-15)26-25(33)29-11-9-16(10-12-29)22-19-3-1-2-4-20(19)27-24(22)32/h1-8,16-17,22H,9-14H2,(H,26,33)(H,27,32)(H,28,30,31). The van der Waals surface area contributed by atoms with Crippen molar-refractivity contribution in [3.63, 3.8) is 0 Å². The number of para-hydroxylation sites is 1. The van der Waals surface area contributed by atoms with E-state index in [2.05, 4.69) is 16.0 Å². The normalized spacial score (nSPS) is 22.7. The molecule has 2 saturated heterocycles. The number of hydrogen-bond donors (Lipinski definition) is 3. The topological polar surface area (TPSA) is 108 Å². The molecule has 3 aliphatic heterocycles. The van der Waals surface area contributed by atoms with Gasteiger partial charge in [0.05, 0.1) is 11.8 Å². The summed E-state index contributed by atoms with van der Waals surface area (Å²) in [4.78, 5) is 50.1. The van der Waals surface area contributed by atoms with E-state index in [0.717, 1.165) is 29.7 Å². The van der Waals surface area contributed by atoms with Crippen molar-refractivity contribution < 1.29 is 19.2 Å². The van der Waals surface area contributed by atoms with Crippen LogP contribution in [0.5, 0.6) is 0 Å². The van der Waals surface area contributed by atoms with Crippen molar-refractivity contribution in [2.75, 3.05) is 23.7 Å². The molecule has 0 radical (unpaired) electrons. The van der Waals surface area contributed by atoms with Gasteiger partial charge in [-0.15, -0.1) is 0 Å². The van der Waals surface area contributed by atoms with E-state index in [4.69, 9.17) is 0 Å². The molecule has 0 aromatic heterocycles. The van der Waals surface area contributed by atoms with Gasteiger partial charge in [0.2, 0.25) is 17.7 Å². The Balaban J connectivity index is 1.14. The van der Waals surface area contributed by atoms with E-state index in [1.165, 1.54) is 0 Å². The molecule has 0 aliphatic carbocycles. The average Bonchev–Trinajstić information content (AvgIpc) is 3.32. The molecule has 2 aromatic carbocycles. The third kappa shape index (κ3) is 4.33. The van der Waals surface area contributed by atoms with Crippen molar-refractivity contribution >= 4 is 35.1 Å². The lowest BCUT2D eigenvalue weighted by atomic mass is 9.81. The number of benzene rings is 2. The van der Waals surface area contributed by atoms with Crippen LogP contribution < -0.4 is 16.0 Å². The molecule has 8 heteroatoms. The number of imide groups is 1. The van der Waals surface area contributed by atoms with Crippen molar-refractivity contribution in [1.82, 2.24) is 10.2 Å². The summed E-state index contributed by atoms with van der Waals surface area (Å²) >= 11 is 0. The first kappa shape index (κ1) is 21.2. The van der Waals surface area contributed by atoms with Gasteiger partial charge in [0, 0.05) is 30.9 Å². The molecule has 3 N–H and O–H groups in total. The minimum Gasteiger partial charge on any atom is -0.325 e. The number of amides is 5. The molecular weight excluding hydrogens is 420 g/mol. The van der Waals surface area contributed by atoms with Crippen molar-refractivity contribution in [2.24, 2.45) is 11.8 Å². The van der Waals surface area contributed by atoms with Crippen LogP contribution in [0.1, 0.15) is 36.3 Å². The first-order valence-corrected chi connectivity index (χ1v) is 11.4. The Labute approximate surface area is 191 Å². The van der Waals surface area contributed by atoms with E-state index >= 15 is 0 Å². The van der Waals surface area contributed by atoms with Crippen LogP contribution in [-0.4, -0.2) is 41.7 Å². The Morgan fingerprint density at radius 1 is 0.939 bits per heavy atom. The molecule has 5 amide bonds. The second kappa shape index (κ2) is 8.69. The molecule has 33 heavy (non-hydrogen) atoms. The molecule has 2 unspecified atom stereocenters. The summed E-state index contributed by atoms with van der Waals surface area (Å²) in [5.74, 6) is -0.644. The van der Waals surface area contributed by atoms with Crippen LogP contribution in [0.15, 0.2) is 48.5 Å². The highest BCUT2D eigenvalue weighted by Crippen LogP contribution is 2.41. The van der Waals surface area contributed by atoms with Crippen molar-refractivity contribution in [1.29, 1.82) is 0 Å². The Bertz CT molecular complexity index is 1110. The number of piperidine rings is 1. The highest BCUT2D eigenvalue weighted by atomic mass is 16.2. The lowest BCUT2D eigenvalue weighted by Crippen LogP contribution is -2.42. The van der Waals surface area contributed by atoms with Crippen LogP contribution in [-0.2, 0) is 20.8 Å². The molecule has 0 spiro atoms. The van der Waals surface area contributed by atoms with Gasteiger partial charge in [-0.3, -0.25) is 19.7 Å². The molecule has 8 nitrogen and oxygen atoms in total. The maximum atomic E-state index is 12.7. The highest BCUT2D eigenvalue weighted by molar-refractivity contribution is 6.04. The zero-order valence-electron chi connectivity index (χ0n) is 18.2. The first-order chi connectivity index (χ1) is 16.0. The Kier molecular flexibility index (Phi) is 5.58. The maximum absolute atomic E-state index is 12.7. The van der Waals surface area contributed by atoms with E-state index in [9.17, 15) is 19.2 Å². The first-order valence-electron chi connectivity index (χ1n) is 11.4. The monoisotopic (exact) mass is 446 g/mol. The molecule has 3 aliphatic rings. The van der Waals surface area contributed by atoms with E-state index in [-0.39, 0.29) is 47.9 Å². The third-order valence-electron chi connectivity index (χ3n) is 6.89. The lowest BCUT2D eigenvalue weighted by Gasteiger charge is -2.34. The van der Waals surface area contributed by atoms with Crippen LogP contribution in [0.3, 0.4) is 0 Å². The fraction of sp³-hybridized carbons (Fsp3) is 0.360. The number of likely N-dealkylation sites (tertiary alicyclic amines) is 1. The number of urea groups is 1. The third-order valence-corrected chi connectivity index (χ3v) is 6.89. The van der Waals surface area contributed by atoms with E-state index in [1.54, 1.807) is 4.90 Å². The van der Waals surface area contributed by atoms with Crippen molar-refractivity contribution in [2.45, 2.75) is 31.6 Å². The summed E-state index contributed by atoms with van der Waals surface area (Å²) in [5, 5.41) is 8.23. The SMILES string of the molecule is O=C1CC(Cc2ccc(NC(=O)N3CCC(C4C(=O)Nc5ccccc54)CC3)cc2)C(=O)N1. The van der Waals surface area contributed by atoms with Crippen LogP contribution in [0, 0.1) is 11.8 Å². The predicted molar refractivity (Wildman–Crippen MR) is 123 cm³/mol. The van der Waals surface area contributed by atoms with Crippen molar-refractivity contribution in [3.8, 4) is 0 Å². The van der Waals surface area contributed by atoms with Gasteiger partial charge in [0.1, 0.15) is 0 Å². The van der Waals surface area contributed by atoms with Crippen LogP contribution in [0.4, 0.5) is 16.2 Å². The predicted octanol–water partition coefficient (Wildman–Crippen LogP) is 2.87. The largest absolute Gasteiger partial charge is 0.325 e. The van der Waals surface area contributed by atoms with Gasteiger partial charge in [0.15, 0.2) is 0 Å². The minimum absolute atomic E-state index is 0.0543. The summed E-state index contributed by atoms with van der Waals surface area (Å²) in [6.07, 6.45) is 2.28. The second-order valence-electron chi connectivity index (χ2n) is 9.02. The van der Waals surface area contributed by atoms with Gasteiger partial charge in [-0.05, 0) is 54.5 Å². The Morgan fingerprint density at radius 3 is 2.36 bits per heavy atom. The number of fused-ring (bicyclic) bond motifs is 1. The van der Waals surface area contributed by atoms with Crippen LogP contribution >= 0.6 is 0 Å². The summed E-state index contributed by atoms with van der Waals surface area (Å²) < 4.78 is 0. The smallest absolute Gasteiger partial charge is 0.321 e.